The Bertz CT molecular complexity index is 409. The van der Waals surface area contributed by atoms with Gasteiger partial charge in [0.05, 0.1) is 5.56 Å². The summed E-state index contributed by atoms with van der Waals surface area (Å²) in [5.74, 6) is 0.00157. The van der Waals surface area contributed by atoms with Gasteiger partial charge in [0.1, 0.15) is 0 Å². The Morgan fingerprint density at radius 1 is 1.53 bits per heavy atom. The number of carbonyl (C=O) groups excluding carboxylic acids is 1. The normalized spacial score (nSPS) is 12.3. The van der Waals surface area contributed by atoms with Gasteiger partial charge < -0.3 is 4.90 Å². The SMILES string of the molecule is CC(Br)CCN(C)C(=O)c1ccc(Cl)cc1Br. The van der Waals surface area contributed by atoms with Crippen LogP contribution in [0.3, 0.4) is 0 Å². The van der Waals surface area contributed by atoms with Crippen LogP contribution >= 0.6 is 43.5 Å². The summed E-state index contributed by atoms with van der Waals surface area (Å²) in [6.45, 7) is 2.79. The molecule has 17 heavy (non-hydrogen) atoms. The van der Waals surface area contributed by atoms with Crippen molar-refractivity contribution in [1.82, 2.24) is 4.90 Å². The fourth-order valence-electron chi connectivity index (χ4n) is 1.34. The number of rotatable bonds is 4. The minimum absolute atomic E-state index is 0.00157. The molecule has 0 aliphatic carbocycles. The molecule has 1 atom stereocenters. The van der Waals surface area contributed by atoms with Gasteiger partial charge in [-0.25, -0.2) is 0 Å². The van der Waals surface area contributed by atoms with Gasteiger partial charge in [-0.1, -0.05) is 34.5 Å². The first-order valence-electron chi connectivity index (χ1n) is 5.26. The predicted molar refractivity (Wildman–Crippen MR) is 79.1 cm³/mol. The van der Waals surface area contributed by atoms with Gasteiger partial charge in [-0.2, -0.15) is 0 Å². The lowest BCUT2D eigenvalue weighted by atomic mass is 10.2. The number of alkyl halides is 1. The lowest BCUT2D eigenvalue weighted by Crippen LogP contribution is -2.29. The number of hydrogen-bond acceptors (Lipinski definition) is 1. The highest BCUT2D eigenvalue weighted by molar-refractivity contribution is 9.10. The zero-order valence-corrected chi connectivity index (χ0v) is 13.6. The molecule has 94 valence electrons. The third-order valence-electron chi connectivity index (χ3n) is 2.37. The maximum Gasteiger partial charge on any atom is 0.254 e. The van der Waals surface area contributed by atoms with Crippen molar-refractivity contribution < 1.29 is 4.79 Å². The summed E-state index contributed by atoms with van der Waals surface area (Å²) >= 11 is 12.7. The predicted octanol–water partition coefficient (Wildman–Crippen LogP) is 4.35. The van der Waals surface area contributed by atoms with Crippen molar-refractivity contribution in [2.45, 2.75) is 18.2 Å². The topological polar surface area (TPSA) is 20.3 Å². The van der Waals surface area contributed by atoms with E-state index in [0.29, 0.717) is 15.4 Å². The third-order valence-corrected chi connectivity index (χ3v) is 3.72. The minimum Gasteiger partial charge on any atom is -0.342 e. The summed E-state index contributed by atoms with van der Waals surface area (Å²) in [4.78, 5) is 14.2. The summed E-state index contributed by atoms with van der Waals surface area (Å²) in [6.07, 6.45) is 0.924. The van der Waals surface area contributed by atoms with Gasteiger partial charge >= 0.3 is 0 Å². The first-order valence-corrected chi connectivity index (χ1v) is 7.35. The zero-order chi connectivity index (χ0) is 13.0. The molecule has 2 nitrogen and oxygen atoms in total. The van der Waals surface area contributed by atoms with Crippen LogP contribution in [-0.2, 0) is 0 Å². The van der Waals surface area contributed by atoms with E-state index >= 15 is 0 Å². The Kier molecular flexibility index (Phi) is 5.97. The van der Waals surface area contributed by atoms with E-state index in [4.69, 9.17) is 11.6 Å². The van der Waals surface area contributed by atoms with Gasteiger partial charge in [-0.05, 0) is 40.5 Å². The molecule has 5 heteroatoms. The van der Waals surface area contributed by atoms with E-state index in [9.17, 15) is 4.79 Å². The van der Waals surface area contributed by atoms with E-state index < -0.39 is 0 Å². The Balaban J connectivity index is 2.75. The smallest absolute Gasteiger partial charge is 0.254 e. The molecule has 0 N–H and O–H groups in total. The second-order valence-electron chi connectivity index (χ2n) is 3.92. The van der Waals surface area contributed by atoms with Crippen molar-refractivity contribution in [3.63, 3.8) is 0 Å². The average molecular weight is 384 g/mol. The summed E-state index contributed by atoms with van der Waals surface area (Å²) in [5, 5.41) is 0.616. The molecule has 0 bridgehead atoms. The number of carbonyl (C=O) groups is 1. The van der Waals surface area contributed by atoms with E-state index in [1.54, 1.807) is 30.1 Å². The Morgan fingerprint density at radius 2 is 2.18 bits per heavy atom. The molecular weight excluding hydrogens is 369 g/mol. The monoisotopic (exact) mass is 381 g/mol. The molecule has 0 spiro atoms. The molecule has 0 fully saturated rings. The van der Waals surface area contributed by atoms with Crippen molar-refractivity contribution in [2.75, 3.05) is 13.6 Å². The Labute approximate surface area is 124 Å². The molecule has 0 saturated heterocycles. The molecule has 1 amide bonds. The number of halogens is 3. The fourth-order valence-corrected chi connectivity index (χ4v) is 2.40. The number of benzene rings is 1. The summed E-state index contributed by atoms with van der Waals surface area (Å²) in [5.41, 5.74) is 0.638. The quantitative estimate of drug-likeness (QED) is 0.708. The second kappa shape index (κ2) is 6.76. The van der Waals surface area contributed by atoms with Crippen LogP contribution in [0.4, 0.5) is 0 Å². The van der Waals surface area contributed by atoms with E-state index in [0.717, 1.165) is 17.4 Å². The van der Waals surface area contributed by atoms with Crippen LogP contribution in [0.2, 0.25) is 5.02 Å². The van der Waals surface area contributed by atoms with Crippen LogP contribution in [-0.4, -0.2) is 29.2 Å². The van der Waals surface area contributed by atoms with Crippen molar-refractivity contribution in [3.8, 4) is 0 Å². The van der Waals surface area contributed by atoms with E-state index in [1.165, 1.54) is 0 Å². The third kappa shape index (κ3) is 4.60. The number of amides is 1. The van der Waals surface area contributed by atoms with E-state index in [-0.39, 0.29) is 5.91 Å². The zero-order valence-electron chi connectivity index (χ0n) is 9.71. The fraction of sp³-hybridized carbons (Fsp3) is 0.417. The van der Waals surface area contributed by atoms with Gasteiger partial charge in [0.25, 0.3) is 5.91 Å². The maximum absolute atomic E-state index is 12.1. The van der Waals surface area contributed by atoms with Gasteiger partial charge in [-0.3, -0.25) is 4.79 Å². The van der Waals surface area contributed by atoms with Crippen LogP contribution < -0.4 is 0 Å². The minimum atomic E-state index is 0.00157. The van der Waals surface area contributed by atoms with Gasteiger partial charge in [0.15, 0.2) is 0 Å². The standard InChI is InChI=1S/C12H14Br2ClNO/c1-8(13)5-6-16(2)12(17)10-4-3-9(15)7-11(10)14/h3-4,7-8H,5-6H2,1-2H3. The Morgan fingerprint density at radius 3 is 2.71 bits per heavy atom. The van der Waals surface area contributed by atoms with E-state index in [2.05, 4.69) is 38.8 Å². The molecule has 1 aromatic carbocycles. The molecule has 0 aliphatic heterocycles. The summed E-state index contributed by atoms with van der Waals surface area (Å²) in [6, 6.07) is 5.19. The van der Waals surface area contributed by atoms with Crippen LogP contribution in [0.15, 0.2) is 22.7 Å². The molecule has 0 radical (unpaired) electrons. The molecule has 0 aliphatic rings. The molecule has 0 aromatic heterocycles. The molecule has 1 rings (SSSR count). The molecule has 1 unspecified atom stereocenters. The maximum atomic E-state index is 12.1. The van der Waals surface area contributed by atoms with Crippen LogP contribution in [0.5, 0.6) is 0 Å². The van der Waals surface area contributed by atoms with Crippen LogP contribution in [0.1, 0.15) is 23.7 Å². The Hall–Kier alpha value is -0.0600. The summed E-state index contributed by atoms with van der Waals surface area (Å²) in [7, 11) is 1.80. The lowest BCUT2D eigenvalue weighted by Gasteiger charge is -2.18. The highest BCUT2D eigenvalue weighted by atomic mass is 79.9. The van der Waals surface area contributed by atoms with Crippen LogP contribution in [0.25, 0.3) is 0 Å². The largest absolute Gasteiger partial charge is 0.342 e. The highest BCUT2D eigenvalue weighted by Crippen LogP contribution is 2.22. The van der Waals surface area contributed by atoms with Gasteiger partial charge in [0.2, 0.25) is 0 Å². The van der Waals surface area contributed by atoms with Gasteiger partial charge in [-0.15, -0.1) is 0 Å². The average Bonchev–Trinajstić information content (AvgIpc) is 2.25. The highest BCUT2D eigenvalue weighted by Gasteiger charge is 2.15. The van der Waals surface area contributed by atoms with Crippen molar-refractivity contribution >= 4 is 49.4 Å². The molecular formula is C12H14Br2ClNO. The van der Waals surface area contributed by atoms with Gasteiger partial charge in [0, 0.05) is 27.9 Å². The first-order chi connectivity index (χ1) is 7.91. The van der Waals surface area contributed by atoms with Crippen molar-refractivity contribution in [2.24, 2.45) is 0 Å². The van der Waals surface area contributed by atoms with Crippen molar-refractivity contribution in [1.29, 1.82) is 0 Å². The second-order valence-corrected chi connectivity index (χ2v) is 6.77. The first kappa shape index (κ1) is 15.0. The van der Waals surface area contributed by atoms with Crippen LogP contribution in [0, 0.1) is 0 Å². The summed E-state index contributed by atoms with van der Waals surface area (Å²) < 4.78 is 0.730. The number of nitrogens with zero attached hydrogens (tertiary/aromatic N) is 1. The molecule has 0 saturated carbocycles. The number of hydrogen-bond donors (Lipinski definition) is 0. The van der Waals surface area contributed by atoms with Crippen molar-refractivity contribution in [3.05, 3.63) is 33.3 Å². The lowest BCUT2D eigenvalue weighted by molar-refractivity contribution is 0.0793. The molecule has 1 aromatic rings. The van der Waals surface area contributed by atoms with E-state index in [1.807, 2.05) is 0 Å². The molecule has 0 heterocycles.